The Morgan fingerprint density at radius 1 is 0.909 bits per heavy atom. The van der Waals surface area contributed by atoms with E-state index in [4.69, 9.17) is 15.2 Å². The van der Waals surface area contributed by atoms with E-state index >= 15 is 0 Å². The fraction of sp³-hybridized carbons (Fsp3) is 0.115. The lowest BCUT2D eigenvalue weighted by atomic mass is 10.0. The monoisotopic (exact) mass is 437 g/mol. The highest BCUT2D eigenvalue weighted by atomic mass is 16.5. The van der Waals surface area contributed by atoms with Crippen LogP contribution in [0, 0.1) is 0 Å². The molecule has 0 radical (unpaired) electrons. The Morgan fingerprint density at radius 2 is 1.70 bits per heavy atom. The van der Waals surface area contributed by atoms with Crippen molar-refractivity contribution in [2.75, 3.05) is 12.3 Å². The average Bonchev–Trinajstić information content (AvgIpc) is 3.28. The lowest BCUT2D eigenvalue weighted by Gasteiger charge is -2.11. The van der Waals surface area contributed by atoms with Gasteiger partial charge in [0.1, 0.15) is 18.0 Å². The summed E-state index contributed by atoms with van der Waals surface area (Å²) in [5.74, 6) is 1.37. The van der Waals surface area contributed by atoms with Crippen molar-refractivity contribution in [2.24, 2.45) is 0 Å². The highest BCUT2D eigenvalue weighted by Gasteiger charge is 2.16. The number of hydrogen-bond acceptors (Lipinski definition) is 6. The molecular formula is C26H23N5O2. The maximum Gasteiger partial charge on any atom is 0.220 e. The number of hydrogen-bond donors (Lipinski definition) is 2. The van der Waals surface area contributed by atoms with Gasteiger partial charge in [-0.1, -0.05) is 54.6 Å². The van der Waals surface area contributed by atoms with Crippen LogP contribution in [0.3, 0.4) is 0 Å². The number of rotatable bonds is 7. The van der Waals surface area contributed by atoms with Crippen LogP contribution < -0.4 is 15.2 Å². The second kappa shape index (κ2) is 9.00. The molecule has 164 valence electrons. The first-order chi connectivity index (χ1) is 16.2. The third kappa shape index (κ3) is 4.34. The Morgan fingerprint density at radius 3 is 2.45 bits per heavy atom. The molecule has 0 spiro atoms. The van der Waals surface area contributed by atoms with Crippen molar-refractivity contribution in [2.45, 2.75) is 13.5 Å². The molecule has 0 aliphatic rings. The summed E-state index contributed by atoms with van der Waals surface area (Å²) in [5, 5.41) is 0.828. The van der Waals surface area contributed by atoms with E-state index in [1.807, 2.05) is 37.4 Å². The minimum atomic E-state index is 0.214. The molecule has 7 heteroatoms. The molecule has 7 nitrogen and oxygen atoms in total. The number of nitrogens with two attached hydrogens (primary N) is 1. The number of aromatic amines is 1. The van der Waals surface area contributed by atoms with E-state index in [9.17, 15) is 0 Å². The largest absolute Gasteiger partial charge is 0.493 e. The molecule has 3 heterocycles. The lowest BCUT2D eigenvalue weighted by molar-refractivity contribution is 0.290. The number of anilines is 1. The molecule has 33 heavy (non-hydrogen) atoms. The van der Waals surface area contributed by atoms with Crippen molar-refractivity contribution in [3.05, 3.63) is 84.7 Å². The first kappa shape index (κ1) is 20.5. The summed E-state index contributed by atoms with van der Waals surface area (Å²) in [4.78, 5) is 16.1. The number of nitrogen functional groups attached to an aromatic ring is 1. The fourth-order valence-corrected chi connectivity index (χ4v) is 3.73. The van der Waals surface area contributed by atoms with Gasteiger partial charge >= 0.3 is 0 Å². The molecule has 0 unspecified atom stereocenters. The SMILES string of the molecule is CCOc1cc(OCc2ccc(-c3ccccc3)cc2)nc2[nH]cc(-c3ccnc(N)n3)c12. The number of nitrogens with zero attached hydrogens (tertiary/aromatic N) is 3. The zero-order chi connectivity index (χ0) is 22.6. The van der Waals surface area contributed by atoms with E-state index < -0.39 is 0 Å². The van der Waals surface area contributed by atoms with E-state index in [0.717, 1.165) is 16.5 Å². The van der Waals surface area contributed by atoms with Crippen LogP contribution >= 0.6 is 0 Å². The Bertz CT molecular complexity index is 1380. The van der Waals surface area contributed by atoms with Gasteiger partial charge in [-0.05, 0) is 29.7 Å². The van der Waals surface area contributed by atoms with Crippen molar-refractivity contribution in [3.63, 3.8) is 0 Å². The number of pyridine rings is 1. The average molecular weight is 438 g/mol. The van der Waals surface area contributed by atoms with E-state index in [1.54, 1.807) is 12.3 Å². The Balaban J connectivity index is 1.40. The Hall–Kier alpha value is -4.39. The van der Waals surface area contributed by atoms with Gasteiger partial charge in [0.25, 0.3) is 0 Å². The lowest BCUT2D eigenvalue weighted by Crippen LogP contribution is -2.00. The molecular weight excluding hydrogens is 414 g/mol. The van der Waals surface area contributed by atoms with Crippen molar-refractivity contribution in [3.8, 4) is 34.0 Å². The van der Waals surface area contributed by atoms with Crippen LogP contribution in [0.15, 0.2) is 79.1 Å². The molecule has 0 saturated carbocycles. The normalized spacial score (nSPS) is 10.9. The Kier molecular flexibility index (Phi) is 5.59. The van der Waals surface area contributed by atoms with Crippen LogP contribution in [-0.4, -0.2) is 26.5 Å². The van der Waals surface area contributed by atoms with E-state index in [-0.39, 0.29) is 5.95 Å². The number of aromatic nitrogens is 4. The van der Waals surface area contributed by atoms with E-state index in [2.05, 4.69) is 56.3 Å². The van der Waals surface area contributed by atoms with E-state index in [1.165, 1.54) is 11.1 Å². The van der Waals surface area contributed by atoms with Crippen LogP contribution in [0.1, 0.15) is 12.5 Å². The zero-order valence-electron chi connectivity index (χ0n) is 18.2. The van der Waals surface area contributed by atoms with Crippen molar-refractivity contribution < 1.29 is 9.47 Å². The maximum absolute atomic E-state index is 6.01. The minimum absolute atomic E-state index is 0.214. The zero-order valence-corrected chi connectivity index (χ0v) is 18.2. The molecule has 2 aromatic carbocycles. The number of ether oxygens (including phenoxy) is 2. The van der Waals surface area contributed by atoms with Crippen molar-refractivity contribution in [1.82, 2.24) is 19.9 Å². The quantitative estimate of drug-likeness (QED) is 0.361. The first-order valence-corrected chi connectivity index (χ1v) is 10.7. The molecule has 5 rings (SSSR count). The molecule has 3 N–H and O–H groups in total. The van der Waals surface area contributed by atoms with Gasteiger partial charge < -0.3 is 20.2 Å². The van der Waals surface area contributed by atoms with Gasteiger partial charge in [0.05, 0.1) is 17.7 Å². The van der Waals surface area contributed by atoms with Crippen LogP contribution in [0.5, 0.6) is 11.6 Å². The predicted octanol–water partition coefficient (Wildman–Crippen LogP) is 5.25. The van der Waals surface area contributed by atoms with Crippen LogP contribution in [-0.2, 0) is 6.61 Å². The van der Waals surface area contributed by atoms with Gasteiger partial charge in [-0.25, -0.2) is 9.97 Å². The van der Waals surface area contributed by atoms with Crippen molar-refractivity contribution in [1.29, 1.82) is 0 Å². The molecule has 0 aliphatic carbocycles. The molecule has 0 amide bonds. The molecule has 0 aliphatic heterocycles. The second-order valence-corrected chi connectivity index (χ2v) is 7.47. The van der Waals surface area contributed by atoms with Gasteiger partial charge in [-0.15, -0.1) is 0 Å². The summed E-state index contributed by atoms with van der Waals surface area (Å²) in [6.45, 7) is 2.85. The summed E-state index contributed by atoms with van der Waals surface area (Å²) in [6, 6.07) is 22.2. The van der Waals surface area contributed by atoms with Crippen LogP contribution in [0.25, 0.3) is 33.4 Å². The number of fused-ring (bicyclic) bond motifs is 1. The van der Waals surface area contributed by atoms with Gasteiger partial charge in [0.15, 0.2) is 0 Å². The van der Waals surface area contributed by atoms with Crippen LogP contribution in [0.4, 0.5) is 5.95 Å². The van der Waals surface area contributed by atoms with Crippen LogP contribution in [0.2, 0.25) is 0 Å². The summed E-state index contributed by atoms with van der Waals surface area (Å²) < 4.78 is 11.9. The third-order valence-electron chi connectivity index (χ3n) is 5.28. The summed E-state index contributed by atoms with van der Waals surface area (Å²) in [7, 11) is 0. The summed E-state index contributed by atoms with van der Waals surface area (Å²) in [5.41, 5.74) is 11.4. The first-order valence-electron chi connectivity index (χ1n) is 10.7. The number of H-pyrrole nitrogens is 1. The fourth-order valence-electron chi connectivity index (χ4n) is 3.73. The highest BCUT2D eigenvalue weighted by molar-refractivity contribution is 5.97. The standard InChI is InChI=1S/C26H23N5O2/c1-2-32-22-14-23(31-25-24(22)20(15-29-25)21-12-13-28-26(27)30-21)33-16-17-8-10-19(11-9-17)18-6-4-3-5-7-18/h3-15H,2,16H2,1H3,(H,29,31)(H2,27,28,30). The summed E-state index contributed by atoms with van der Waals surface area (Å²) in [6.07, 6.45) is 3.47. The van der Waals surface area contributed by atoms with Crippen molar-refractivity contribution >= 4 is 17.0 Å². The molecule has 3 aromatic heterocycles. The topological polar surface area (TPSA) is 98.9 Å². The van der Waals surface area contributed by atoms with E-state index in [0.29, 0.717) is 36.2 Å². The highest BCUT2D eigenvalue weighted by Crippen LogP contribution is 2.36. The minimum Gasteiger partial charge on any atom is -0.493 e. The van der Waals surface area contributed by atoms with Gasteiger partial charge in [0, 0.05) is 24.0 Å². The third-order valence-corrected chi connectivity index (χ3v) is 5.28. The Labute approximate surface area is 191 Å². The molecule has 0 atom stereocenters. The summed E-state index contributed by atoms with van der Waals surface area (Å²) >= 11 is 0. The molecule has 0 fully saturated rings. The molecule has 0 saturated heterocycles. The smallest absolute Gasteiger partial charge is 0.220 e. The number of nitrogens with one attached hydrogen (secondary N) is 1. The van der Waals surface area contributed by atoms with Gasteiger partial charge in [0.2, 0.25) is 11.8 Å². The predicted molar refractivity (Wildman–Crippen MR) is 129 cm³/mol. The number of benzene rings is 2. The molecule has 5 aromatic rings. The maximum atomic E-state index is 6.01. The van der Waals surface area contributed by atoms with Gasteiger partial charge in [-0.3, -0.25) is 0 Å². The second-order valence-electron chi connectivity index (χ2n) is 7.47. The molecule has 0 bridgehead atoms. The van der Waals surface area contributed by atoms with Gasteiger partial charge in [-0.2, -0.15) is 4.98 Å².